The van der Waals surface area contributed by atoms with Gasteiger partial charge < -0.3 is 9.73 Å². The topological polar surface area (TPSA) is 110 Å². The monoisotopic (exact) mass is 509 g/mol. The minimum atomic E-state index is -3.49. The molecule has 1 saturated heterocycles. The first-order valence-corrected chi connectivity index (χ1v) is 13.5. The number of carbonyl (C=O) groups is 1. The van der Waals surface area contributed by atoms with Crippen LogP contribution in [0.3, 0.4) is 0 Å². The molecule has 11 heteroatoms. The van der Waals surface area contributed by atoms with Gasteiger partial charge in [0.05, 0.1) is 16.9 Å². The van der Waals surface area contributed by atoms with Crippen molar-refractivity contribution in [2.75, 3.05) is 24.2 Å². The number of hydrogen-bond acceptors (Lipinski definition) is 7. The third kappa shape index (κ3) is 5.02. The first kappa shape index (κ1) is 23.3. The molecule has 1 fully saturated rings. The Balaban J connectivity index is 1.27. The van der Waals surface area contributed by atoms with E-state index in [1.165, 1.54) is 28.2 Å². The van der Waals surface area contributed by atoms with Crippen molar-refractivity contribution >= 4 is 33.4 Å². The van der Waals surface area contributed by atoms with Gasteiger partial charge in [0, 0.05) is 24.5 Å². The van der Waals surface area contributed by atoms with E-state index in [1.807, 2.05) is 34.9 Å². The third-order valence-corrected chi connectivity index (χ3v) is 8.40. The van der Waals surface area contributed by atoms with Crippen LogP contribution in [0.25, 0.3) is 17.3 Å². The largest absolute Gasteiger partial charge is 0.461 e. The lowest BCUT2D eigenvalue weighted by atomic mass is 10.3. The highest BCUT2D eigenvalue weighted by Gasteiger charge is 2.27. The molecule has 0 saturated carbocycles. The summed E-state index contributed by atoms with van der Waals surface area (Å²) in [5.74, 6) is 0.963. The van der Waals surface area contributed by atoms with Crippen LogP contribution in [0.2, 0.25) is 0 Å². The van der Waals surface area contributed by atoms with Crippen LogP contribution in [-0.2, 0) is 14.8 Å². The second-order valence-corrected chi connectivity index (χ2v) is 10.8. The van der Waals surface area contributed by atoms with E-state index in [1.54, 1.807) is 30.5 Å². The lowest BCUT2D eigenvalue weighted by molar-refractivity contribution is -0.113. The lowest BCUT2D eigenvalue weighted by Gasteiger charge is -2.15. The Hall–Kier alpha value is -3.41. The van der Waals surface area contributed by atoms with E-state index >= 15 is 0 Å². The van der Waals surface area contributed by atoms with Crippen molar-refractivity contribution in [2.24, 2.45) is 0 Å². The summed E-state index contributed by atoms with van der Waals surface area (Å²) >= 11 is 1.24. The molecule has 9 nitrogen and oxygen atoms in total. The van der Waals surface area contributed by atoms with Crippen LogP contribution < -0.4 is 5.32 Å². The van der Waals surface area contributed by atoms with Crippen LogP contribution in [-0.4, -0.2) is 52.2 Å². The molecular weight excluding hydrogens is 486 g/mol. The first-order valence-electron chi connectivity index (χ1n) is 11.1. The summed E-state index contributed by atoms with van der Waals surface area (Å²) in [6, 6.07) is 19.4. The molecule has 1 N–H and O–H groups in total. The van der Waals surface area contributed by atoms with E-state index in [0.29, 0.717) is 35.5 Å². The summed E-state index contributed by atoms with van der Waals surface area (Å²) in [6.07, 6.45) is 3.33. The van der Waals surface area contributed by atoms with Crippen molar-refractivity contribution in [3.05, 3.63) is 73.0 Å². The Labute approximate surface area is 207 Å². The van der Waals surface area contributed by atoms with E-state index in [9.17, 15) is 13.2 Å². The highest BCUT2D eigenvalue weighted by molar-refractivity contribution is 7.99. The molecule has 0 radical (unpaired) electrons. The number of para-hydroxylation sites is 1. The number of nitrogens with zero attached hydrogens (tertiary/aromatic N) is 4. The smallest absolute Gasteiger partial charge is 0.243 e. The van der Waals surface area contributed by atoms with Gasteiger partial charge in [-0.05, 0) is 61.4 Å². The molecule has 3 heterocycles. The van der Waals surface area contributed by atoms with Gasteiger partial charge in [0.1, 0.15) is 0 Å². The number of carbonyl (C=O) groups excluding carboxylic acids is 1. The highest BCUT2D eigenvalue weighted by atomic mass is 32.2. The van der Waals surface area contributed by atoms with Crippen LogP contribution >= 0.6 is 11.8 Å². The lowest BCUT2D eigenvalue weighted by Crippen LogP contribution is -2.27. The molecule has 0 atom stereocenters. The molecule has 1 aliphatic heterocycles. The number of aromatic nitrogens is 3. The first-order chi connectivity index (χ1) is 17.0. The minimum Gasteiger partial charge on any atom is -0.461 e. The molecule has 0 unspecified atom stereocenters. The Kier molecular flexibility index (Phi) is 6.71. The summed E-state index contributed by atoms with van der Waals surface area (Å²) in [5.41, 5.74) is 1.37. The number of rotatable bonds is 8. The average molecular weight is 510 g/mol. The number of hydrogen-bond donors (Lipinski definition) is 1. The van der Waals surface area contributed by atoms with Crippen LogP contribution in [0.5, 0.6) is 0 Å². The molecule has 1 amide bonds. The van der Waals surface area contributed by atoms with E-state index in [0.717, 1.165) is 18.5 Å². The molecule has 2 aromatic carbocycles. The van der Waals surface area contributed by atoms with E-state index in [2.05, 4.69) is 15.5 Å². The minimum absolute atomic E-state index is 0.0942. The van der Waals surface area contributed by atoms with Crippen molar-refractivity contribution in [2.45, 2.75) is 22.9 Å². The number of anilines is 1. The van der Waals surface area contributed by atoms with Crippen molar-refractivity contribution in [3.63, 3.8) is 0 Å². The second-order valence-electron chi connectivity index (χ2n) is 7.93. The number of thioether (sulfide) groups is 1. The van der Waals surface area contributed by atoms with Crippen molar-refractivity contribution in [3.8, 4) is 17.3 Å². The quantitative estimate of drug-likeness (QED) is 0.357. The maximum Gasteiger partial charge on any atom is 0.243 e. The summed E-state index contributed by atoms with van der Waals surface area (Å²) in [4.78, 5) is 12.9. The number of furan rings is 1. The molecule has 1 aliphatic rings. The molecule has 0 aliphatic carbocycles. The summed E-state index contributed by atoms with van der Waals surface area (Å²) < 4.78 is 34.2. The Morgan fingerprint density at radius 3 is 2.40 bits per heavy atom. The number of nitrogens with one attached hydrogen (secondary N) is 1. The third-order valence-electron chi connectivity index (χ3n) is 5.56. The van der Waals surface area contributed by atoms with Gasteiger partial charge >= 0.3 is 0 Å². The number of sulfonamides is 1. The molecule has 0 spiro atoms. The zero-order valence-corrected chi connectivity index (χ0v) is 20.3. The molecule has 180 valence electrons. The zero-order valence-electron chi connectivity index (χ0n) is 18.7. The summed E-state index contributed by atoms with van der Waals surface area (Å²) in [7, 11) is -3.49. The van der Waals surface area contributed by atoms with Gasteiger partial charge in [-0.1, -0.05) is 30.0 Å². The van der Waals surface area contributed by atoms with Gasteiger partial charge in [-0.3, -0.25) is 9.36 Å². The molecular formula is C24H23N5O4S2. The van der Waals surface area contributed by atoms with Gasteiger partial charge in [0.15, 0.2) is 10.9 Å². The van der Waals surface area contributed by atoms with Gasteiger partial charge in [-0.15, -0.1) is 10.2 Å². The predicted molar refractivity (Wildman–Crippen MR) is 133 cm³/mol. The van der Waals surface area contributed by atoms with Crippen LogP contribution in [0.4, 0.5) is 5.69 Å². The van der Waals surface area contributed by atoms with Gasteiger partial charge in [0.25, 0.3) is 0 Å². The fraction of sp³-hybridized carbons (Fsp3) is 0.208. The Morgan fingerprint density at radius 2 is 1.71 bits per heavy atom. The molecule has 5 rings (SSSR count). The number of benzene rings is 2. The molecule has 0 bridgehead atoms. The van der Waals surface area contributed by atoms with Crippen molar-refractivity contribution in [1.29, 1.82) is 0 Å². The van der Waals surface area contributed by atoms with Crippen molar-refractivity contribution in [1.82, 2.24) is 19.1 Å². The molecule has 2 aromatic heterocycles. The van der Waals surface area contributed by atoms with Crippen LogP contribution in [0.15, 0.2) is 87.5 Å². The summed E-state index contributed by atoms with van der Waals surface area (Å²) in [6.45, 7) is 1.10. The van der Waals surface area contributed by atoms with Crippen LogP contribution in [0.1, 0.15) is 12.8 Å². The van der Waals surface area contributed by atoms with E-state index < -0.39 is 10.0 Å². The average Bonchev–Trinajstić information content (AvgIpc) is 3.65. The Bertz CT molecular complexity index is 1400. The maximum atomic E-state index is 12.7. The Morgan fingerprint density at radius 1 is 0.971 bits per heavy atom. The van der Waals surface area contributed by atoms with E-state index in [4.69, 9.17) is 4.42 Å². The maximum absolute atomic E-state index is 12.7. The van der Waals surface area contributed by atoms with Crippen LogP contribution in [0, 0.1) is 0 Å². The van der Waals surface area contributed by atoms with Gasteiger partial charge in [-0.25, -0.2) is 8.42 Å². The normalized spacial score (nSPS) is 14.3. The fourth-order valence-electron chi connectivity index (χ4n) is 3.85. The molecule has 35 heavy (non-hydrogen) atoms. The molecule has 4 aromatic rings. The highest BCUT2D eigenvalue weighted by Crippen LogP contribution is 2.28. The summed E-state index contributed by atoms with van der Waals surface area (Å²) in [5, 5.41) is 11.9. The second kappa shape index (κ2) is 10.1. The number of amides is 1. The van der Waals surface area contributed by atoms with Crippen molar-refractivity contribution < 1.29 is 17.6 Å². The SMILES string of the molecule is O=C(CSc1nnc(-c2ccco2)n1-c1ccccc1)Nc1ccc(S(=O)(=O)N2CCCC2)cc1. The van der Waals surface area contributed by atoms with Gasteiger partial charge in [0.2, 0.25) is 21.8 Å². The van der Waals surface area contributed by atoms with Gasteiger partial charge in [-0.2, -0.15) is 4.31 Å². The zero-order chi connectivity index (χ0) is 24.3. The standard InChI is InChI=1S/C24H23N5O4S2/c30-22(25-18-10-12-20(13-11-18)35(31,32)28-14-4-5-15-28)17-34-24-27-26-23(21-9-6-16-33-21)29(24)19-7-2-1-3-8-19/h1-3,6-13,16H,4-5,14-15,17H2,(H,25,30). The fourth-order valence-corrected chi connectivity index (χ4v) is 6.12. The predicted octanol–water partition coefficient (Wildman–Crippen LogP) is 4.04. The van der Waals surface area contributed by atoms with E-state index in [-0.39, 0.29) is 16.6 Å².